The Morgan fingerprint density at radius 3 is 2.17 bits per heavy atom. The van der Waals surface area contributed by atoms with Crippen molar-refractivity contribution in [2.75, 3.05) is 0 Å². The summed E-state index contributed by atoms with van der Waals surface area (Å²) in [5.74, 6) is 0.553. The zero-order chi connectivity index (χ0) is 9.35. The third-order valence-corrected chi connectivity index (χ3v) is 3.09. The second-order valence-electron chi connectivity index (χ2n) is 4.52. The maximum absolute atomic E-state index is 4.42. The fourth-order valence-corrected chi connectivity index (χ4v) is 1.83. The van der Waals surface area contributed by atoms with Gasteiger partial charge in [-0.05, 0) is 28.9 Å². The fraction of sp³-hybridized carbons (Fsp3) is 0.700. The molecule has 0 saturated carbocycles. The Morgan fingerprint density at radius 1 is 1.33 bits per heavy atom. The molecule has 0 aliphatic heterocycles. The molecule has 1 aromatic heterocycles. The monoisotopic (exact) mass is 183 g/mol. The molecular weight excluding hydrogens is 166 g/mol. The van der Waals surface area contributed by atoms with E-state index in [-0.39, 0.29) is 5.41 Å². The SMILES string of the molecule is CC(C)c1cc(C(C)(C)C)sn1. The lowest BCUT2D eigenvalue weighted by atomic mass is 9.94. The molecule has 0 aliphatic rings. The first kappa shape index (κ1) is 9.72. The molecule has 0 saturated heterocycles. The molecule has 68 valence electrons. The molecule has 0 aliphatic carbocycles. The van der Waals surface area contributed by atoms with E-state index in [0.717, 1.165) is 0 Å². The first-order valence-electron chi connectivity index (χ1n) is 4.38. The molecule has 0 spiro atoms. The van der Waals surface area contributed by atoms with Crippen LogP contribution in [0.5, 0.6) is 0 Å². The number of nitrogens with zero attached hydrogens (tertiary/aromatic N) is 1. The van der Waals surface area contributed by atoms with Gasteiger partial charge >= 0.3 is 0 Å². The Balaban J connectivity index is 2.92. The highest BCUT2D eigenvalue weighted by atomic mass is 32.1. The van der Waals surface area contributed by atoms with E-state index in [4.69, 9.17) is 0 Å². The zero-order valence-corrected chi connectivity index (χ0v) is 9.33. The van der Waals surface area contributed by atoms with Gasteiger partial charge in [-0.2, -0.15) is 4.37 Å². The third-order valence-electron chi connectivity index (χ3n) is 1.86. The summed E-state index contributed by atoms with van der Waals surface area (Å²) in [6.45, 7) is 11.0. The predicted molar refractivity (Wildman–Crippen MR) is 54.9 cm³/mol. The predicted octanol–water partition coefficient (Wildman–Crippen LogP) is 3.56. The van der Waals surface area contributed by atoms with Gasteiger partial charge in [0.15, 0.2) is 0 Å². The smallest absolute Gasteiger partial charge is 0.0570 e. The van der Waals surface area contributed by atoms with Crippen LogP contribution in [0.3, 0.4) is 0 Å². The average molecular weight is 183 g/mol. The van der Waals surface area contributed by atoms with Crippen molar-refractivity contribution in [3.8, 4) is 0 Å². The molecule has 1 nitrogen and oxygen atoms in total. The van der Waals surface area contributed by atoms with E-state index in [2.05, 4.69) is 45.1 Å². The van der Waals surface area contributed by atoms with Crippen molar-refractivity contribution in [3.63, 3.8) is 0 Å². The lowest BCUT2D eigenvalue weighted by molar-refractivity contribution is 0.603. The third kappa shape index (κ3) is 2.07. The lowest BCUT2D eigenvalue weighted by Gasteiger charge is -2.14. The summed E-state index contributed by atoms with van der Waals surface area (Å²) in [6.07, 6.45) is 0. The number of aromatic nitrogens is 1. The van der Waals surface area contributed by atoms with Gasteiger partial charge in [-0.3, -0.25) is 0 Å². The summed E-state index contributed by atoms with van der Waals surface area (Å²) in [7, 11) is 0. The van der Waals surface area contributed by atoms with E-state index >= 15 is 0 Å². The van der Waals surface area contributed by atoms with Crippen LogP contribution in [0.4, 0.5) is 0 Å². The summed E-state index contributed by atoms with van der Waals surface area (Å²) in [6, 6.07) is 2.23. The average Bonchev–Trinajstić information content (AvgIpc) is 2.30. The minimum Gasteiger partial charge on any atom is -0.197 e. The highest BCUT2D eigenvalue weighted by Crippen LogP contribution is 2.28. The topological polar surface area (TPSA) is 12.9 Å². The van der Waals surface area contributed by atoms with E-state index in [1.807, 2.05) is 0 Å². The van der Waals surface area contributed by atoms with E-state index in [9.17, 15) is 0 Å². The Kier molecular flexibility index (Phi) is 2.57. The molecule has 0 unspecified atom stereocenters. The summed E-state index contributed by atoms with van der Waals surface area (Å²) in [5.41, 5.74) is 1.48. The van der Waals surface area contributed by atoms with Crippen LogP contribution in [-0.2, 0) is 5.41 Å². The van der Waals surface area contributed by atoms with Crippen LogP contribution in [0.15, 0.2) is 6.07 Å². The normalized spacial score (nSPS) is 12.5. The van der Waals surface area contributed by atoms with Crippen molar-refractivity contribution in [3.05, 3.63) is 16.6 Å². The highest BCUT2D eigenvalue weighted by molar-refractivity contribution is 7.06. The van der Waals surface area contributed by atoms with Crippen molar-refractivity contribution in [1.82, 2.24) is 4.37 Å². The van der Waals surface area contributed by atoms with Crippen LogP contribution in [0.25, 0.3) is 0 Å². The molecule has 0 radical (unpaired) electrons. The molecule has 1 aromatic rings. The van der Waals surface area contributed by atoms with Crippen molar-refractivity contribution >= 4 is 11.5 Å². The number of hydrogen-bond donors (Lipinski definition) is 0. The maximum atomic E-state index is 4.42. The van der Waals surface area contributed by atoms with Crippen LogP contribution in [-0.4, -0.2) is 4.37 Å². The molecule has 1 rings (SSSR count). The molecule has 1 heterocycles. The Hall–Kier alpha value is -0.370. The molecule has 2 heteroatoms. The Morgan fingerprint density at radius 2 is 1.92 bits per heavy atom. The maximum Gasteiger partial charge on any atom is 0.0570 e. The standard InChI is InChI=1S/C10H17NS/c1-7(2)8-6-9(12-11-8)10(3,4)5/h6-7H,1-5H3. The summed E-state index contributed by atoms with van der Waals surface area (Å²) < 4.78 is 4.42. The van der Waals surface area contributed by atoms with E-state index < -0.39 is 0 Å². The van der Waals surface area contributed by atoms with Crippen LogP contribution in [0.2, 0.25) is 0 Å². The number of hydrogen-bond acceptors (Lipinski definition) is 2. The van der Waals surface area contributed by atoms with E-state index in [1.165, 1.54) is 10.6 Å². The van der Waals surface area contributed by atoms with Gasteiger partial charge in [-0.25, -0.2) is 0 Å². The largest absolute Gasteiger partial charge is 0.197 e. The van der Waals surface area contributed by atoms with Gasteiger partial charge in [0, 0.05) is 4.88 Å². The molecular formula is C10H17NS. The molecule has 12 heavy (non-hydrogen) atoms. The fourth-order valence-electron chi connectivity index (χ4n) is 0.914. The van der Waals surface area contributed by atoms with Gasteiger partial charge in [0.25, 0.3) is 0 Å². The zero-order valence-electron chi connectivity index (χ0n) is 8.51. The van der Waals surface area contributed by atoms with Crippen LogP contribution >= 0.6 is 11.5 Å². The van der Waals surface area contributed by atoms with Gasteiger partial charge in [0.2, 0.25) is 0 Å². The van der Waals surface area contributed by atoms with Crippen molar-refractivity contribution in [2.45, 2.75) is 46.0 Å². The molecule has 0 fully saturated rings. The number of rotatable bonds is 1. The van der Waals surface area contributed by atoms with Gasteiger partial charge in [-0.15, -0.1) is 0 Å². The quantitative estimate of drug-likeness (QED) is 0.648. The Bertz CT molecular complexity index is 255. The van der Waals surface area contributed by atoms with Gasteiger partial charge in [0.1, 0.15) is 0 Å². The van der Waals surface area contributed by atoms with Gasteiger partial charge in [-0.1, -0.05) is 34.6 Å². The van der Waals surface area contributed by atoms with Crippen LogP contribution in [0.1, 0.15) is 51.1 Å². The summed E-state index contributed by atoms with van der Waals surface area (Å²) >= 11 is 1.63. The first-order valence-corrected chi connectivity index (χ1v) is 5.15. The van der Waals surface area contributed by atoms with Crippen molar-refractivity contribution in [2.24, 2.45) is 0 Å². The Labute approximate surface area is 79.0 Å². The second-order valence-corrected chi connectivity index (χ2v) is 5.33. The lowest BCUT2D eigenvalue weighted by Crippen LogP contribution is -2.08. The summed E-state index contributed by atoms with van der Waals surface area (Å²) in [5, 5.41) is 0. The minimum absolute atomic E-state index is 0.255. The van der Waals surface area contributed by atoms with Gasteiger partial charge in [0.05, 0.1) is 5.69 Å². The minimum atomic E-state index is 0.255. The highest BCUT2D eigenvalue weighted by Gasteiger charge is 2.17. The van der Waals surface area contributed by atoms with Crippen LogP contribution < -0.4 is 0 Å². The molecule has 0 bridgehead atoms. The van der Waals surface area contributed by atoms with Gasteiger partial charge < -0.3 is 0 Å². The molecule has 0 amide bonds. The van der Waals surface area contributed by atoms with Crippen molar-refractivity contribution < 1.29 is 0 Å². The second kappa shape index (κ2) is 3.17. The van der Waals surface area contributed by atoms with E-state index in [0.29, 0.717) is 5.92 Å². The molecule has 0 aromatic carbocycles. The molecule has 0 N–H and O–H groups in total. The molecule has 0 atom stereocenters. The summed E-state index contributed by atoms with van der Waals surface area (Å²) in [4.78, 5) is 1.38. The van der Waals surface area contributed by atoms with Crippen LogP contribution in [0, 0.1) is 0 Å². The first-order chi connectivity index (χ1) is 5.41. The van der Waals surface area contributed by atoms with Crippen molar-refractivity contribution in [1.29, 1.82) is 0 Å². The van der Waals surface area contributed by atoms with E-state index in [1.54, 1.807) is 11.5 Å².